The fourth-order valence-corrected chi connectivity index (χ4v) is 2.90. The van der Waals surface area contributed by atoms with Crippen molar-refractivity contribution in [2.45, 2.75) is 12.8 Å². The molecule has 1 N–H and O–H groups in total. The van der Waals surface area contributed by atoms with Crippen molar-refractivity contribution >= 4 is 50.1 Å². The van der Waals surface area contributed by atoms with Gasteiger partial charge >= 0.3 is 0 Å². The maximum Gasteiger partial charge on any atom is 0.169 e. The highest BCUT2D eigenvalue weighted by atomic mass is 79.9. The third-order valence-corrected chi connectivity index (χ3v) is 4.90. The van der Waals surface area contributed by atoms with E-state index in [0.29, 0.717) is 29.3 Å². The Kier molecular flexibility index (Phi) is 4.62. The van der Waals surface area contributed by atoms with Gasteiger partial charge in [-0.15, -0.1) is 0 Å². The summed E-state index contributed by atoms with van der Waals surface area (Å²) in [4.78, 5) is 12.1. The van der Waals surface area contributed by atoms with Crippen LogP contribution in [0.2, 0.25) is 5.02 Å². The molecule has 1 aliphatic carbocycles. The zero-order valence-electron chi connectivity index (χ0n) is 13.3. The molecule has 2 aromatic heterocycles. The van der Waals surface area contributed by atoms with Crippen LogP contribution in [-0.4, -0.2) is 21.6 Å². The fraction of sp³-hybridized carbons (Fsp3) is 0.235. The third kappa shape index (κ3) is 3.43. The summed E-state index contributed by atoms with van der Waals surface area (Å²) < 4.78 is 33.8. The summed E-state index contributed by atoms with van der Waals surface area (Å²) in [5.41, 5.74) is 0.695. The molecule has 1 fully saturated rings. The molecule has 0 radical (unpaired) electrons. The number of rotatable bonds is 5. The van der Waals surface area contributed by atoms with Crippen LogP contribution < -0.4 is 10.1 Å². The minimum Gasteiger partial charge on any atom is -0.492 e. The monoisotopic (exact) mass is 440 g/mol. The van der Waals surface area contributed by atoms with Crippen LogP contribution in [0.5, 0.6) is 5.75 Å². The summed E-state index contributed by atoms with van der Waals surface area (Å²) in [6.45, 7) is 0.534. The van der Waals surface area contributed by atoms with Crippen molar-refractivity contribution in [2.24, 2.45) is 5.92 Å². The van der Waals surface area contributed by atoms with Crippen LogP contribution in [0.4, 0.5) is 20.3 Å². The van der Waals surface area contributed by atoms with E-state index in [9.17, 15) is 8.78 Å². The second-order valence-electron chi connectivity index (χ2n) is 5.97. The number of halogens is 4. The Bertz CT molecular complexity index is 1000. The molecule has 0 amide bonds. The van der Waals surface area contributed by atoms with Gasteiger partial charge in [-0.2, -0.15) is 0 Å². The van der Waals surface area contributed by atoms with Crippen LogP contribution in [0.1, 0.15) is 12.8 Å². The summed E-state index contributed by atoms with van der Waals surface area (Å²) in [5.74, 6) is -0.139. The van der Waals surface area contributed by atoms with Crippen molar-refractivity contribution in [1.82, 2.24) is 15.0 Å². The Balaban J connectivity index is 1.65. The maximum absolute atomic E-state index is 14.6. The van der Waals surface area contributed by atoms with Gasteiger partial charge in [0.2, 0.25) is 0 Å². The van der Waals surface area contributed by atoms with E-state index in [4.69, 9.17) is 16.3 Å². The zero-order valence-corrected chi connectivity index (χ0v) is 15.6. The van der Waals surface area contributed by atoms with E-state index in [-0.39, 0.29) is 21.1 Å². The molecule has 1 saturated carbocycles. The van der Waals surface area contributed by atoms with Crippen molar-refractivity contribution in [3.05, 3.63) is 45.8 Å². The lowest BCUT2D eigenvalue weighted by atomic mass is 10.2. The van der Waals surface area contributed by atoms with Gasteiger partial charge in [-0.25, -0.2) is 23.7 Å². The quantitative estimate of drug-likeness (QED) is 0.548. The highest BCUT2D eigenvalue weighted by Crippen LogP contribution is 2.36. The first-order valence-corrected chi connectivity index (χ1v) is 9.04. The molecule has 0 unspecified atom stereocenters. The molecule has 1 aromatic carbocycles. The lowest BCUT2D eigenvalue weighted by molar-refractivity contribution is 0.298. The Hall–Kier alpha value is -2.06. The van der Waals surface area contributed by atoms with E-state index < -0.39 is 11.6 Å². The average Bonchev–Trinajstić information content (AvgIpc) is 3.44. The van der Waals surface area contributed by atoms with Crippen LogP contribution in [-0.2, 0) is 0 Å². The number of nitrogens with zero attached hydrogens (tertiary/aromatic N) is 3. The van der Waals surface area contributed by atoms with Gasteiger partial charge in [0.05, 0.1) is 17.8 Å². The van der Waals surface area contributed by atoms with Crippen LogP contribution in [0.15, 0.2) is 29.1 Å². The molecule has 0 aliphatic heterocycles. The summed E-state index contributed by atoms with van der Waals surface area (Å²) in [7, 11) is 0. The fourth-order valence-electron chi connectivity index (χ4n) is 2.39. The first-order valence-electron chi connectivity index (χ1n) is 7.87. The molecule has 3 aromatic rings. The predicted octanol–water partition coefficient (Wildman–Crippen LogP) is 5.25. The van der Waals surface area contributed by atoms with E-state index in [1.165, 1.54) is 18.5 Å². The van der Waals surface area contributed by atoms with E-state index in [1.807, 2.05) is 0 Å². The summed E-state index contributed by atoms with van der Waals surface area (Å²) >= 11 is 9.11. The summed E-state index contributed by atoms with van der Waals surface area (Å²) in [6.07, 6.45) is 3.50. The van der Waals surface area contributed by atoms with Crippen molar-refractivity contribution in [1.29, 1.82) is 0 Å². The van der Waals surface area contributed by atoms with Crippen LogP contribution in [0.3, 0.4) is 0 Å². The standard InChI is InChI=1S/C17H12BrClF2N4O/c18-16-9(20)5-11-15(25-16)17(23-7-22-11)24-10-3-4-12(13(19)14(10)21)26-6-8-1-2-8/h3-5,7-8H,1-2,6H2,(H,22,23,24). The lowest BCUT2D eigenvalue weighted by Gasteiger charge is -2.13. The van der Waals surface area contributed by atoms with Crippen molar-refractivity contribution < 1.29 is 13.5 Å². The number of hydrogen-bond donors (Lipinski definition) is 1. The molecule has 0 atom stereocenters. The van der Waals surface area contributed by atoms with Gasteiger partial charge in [0, 0.05) is 6.07 Å². The van der Waals surface area contributed by atoms with Gasteiger partial charge in [0.25, 0.3) is 0 Å². The first-order chi connectivity index (χ1) is 12.5. The Morgan fingerprint density at radius 1 is 1.27 bits per heavy atom. The normalized spacial score (nSPS) is 13.8. The molecular formula is C17H12BrClF2N4O. The Morgan fingerprint density at radius 2 is 2.08 bits per heavy atom. The second-order valence-corrected chi connectivity index (χ2v) is 7.10. The molecular weight excluding hydrogens is 430 g/mol. The minimum atomic E-state index is -0.659. The topological polar surface area (TPSA) is 59.9 Å². The Labute approximate surface area is 160 Å². The van der Waals surface area contributed by atoms with E-state index in [2.05, 4.69) is 36.2 Å². The molecule has 134 valence electrons. The van der Waals surface area contributed by atoms with Gasteiger partial charge in [-0.05, 0) is 46.8 Å². The maximum atomic E-state index is 14.6. The molecule has 9 heteroatoms. The number of aromatic nitrogens is 3. The molecule has 4 rings (SSSR count). The van der Waals surface area contributed by atoms with Crippen molar-refractivity contribution in [3.63, 3.8) is 0 Å². The molecule has 1 aliphatic rings. The van der Waals surface area contributed by atoms with Crippen molar-refractivity contribution in [3.8, 4) is 5.75 Å². The number of pyridine rings is 1. The van der Waals surface area contributed by atoms with Gasteiger partial charge in [0.1, 0.15) is 27.2 Å². The first kappa shape index (κ1) is 17.4. The van der Waals surface area contributed by atoms with Gasteiger partial charge in [-0.3, -0.25) is 0 Å². The van der Waals surface area contributed by atoms with Gasteiger partial charge < -0.3 is 10.1 Å². The van der Waals surface area contributed by atoms with Crippen LogP contribution in [0.25, 0.3) is 11.0 Å². The number of anilines is 2. The molecule has 5 nitrogen and oxygen atoms in total. The highest BCUT2D eigenvalue weighted by molar-refractivity contribution is 9.10. The zero-order chi connectivity index (χ0) is 18.3. The molecule has 0 saturated heterocycles. The van der Waals surface area contributed by atoms with Crippen LogP contribution in [0, 0.1) is 17.6 Å². The molecule has 2 heterocycles. The van der Waals surface area contributed by atoms with Crippen LogP contribution >= 0.6 is 27.5 Å². The number of ether oxygens (including phenoxy) is 1. The summed E-state index contributed by atoms with van der Waals surface area (Å²) in [5, 5.41) is 2.73. The smallest absolute Gasteiger partial charge is 0.169 e. The van der Waals surface area contributed by atoms with Crippen molar-refractivity contribution in [2.75, 3.05) is 11.9 Å². The number of hydrogen-bond acceptors (Lipinski definition) is 5. The molecule has 26 heavy (non-hydrogen) atoms. The minimum absolute atomic E-state index is 0.0187. The number of fused-ring (bicyclic) bond motifs is 1. The SMILES string of the molecule is Fc1cc2ncnc(Nc3ccc(OCC4CC4)c(Cl)c3F)c2nc1Br. The number of nitrogens with one attached hydrogen (secondary N) is 1. The lowest BCUT2D eigenvalue weighted by Crippen LogP contribution is -2.03. The summed E-state index contributed by atoms with van der Waals surface area (Å²) in [6, 6.07) is 4.33. The van der Waals surface area contributed by atoms with E-state index in [0.717, 1.165) is 12.8 Å². The third-order valence-electron chi connectivity index (χ3n) is 3.99. The molecule has 0 bridgehead atoms. The van der Waals surface area contributed by atoms with E-state index in [1.54, 1.807) is 6.07 Å². The predicted molar refractivity (Wildman–Crippen MR) is 97.9 cm³/mol. The average molecular weight is 442 g/mol. The molecule has 0 spiro atoms. The van der Waals surface area contributed by atoms with Gasteiger partial charge in [-0.1, -0.05) is 11.6 Å². The van der Waals surface area contributed by atoms with Gasteiger partial charge in [0.15, 0.2) is 17.5 Å². The highest BCUT2D eigenvalue weighted by Gasteiger charge is 2.23. The second kappa shape index (κ2) is 6.92. The van der Waals surface area contributed by atoms with E-state index >= 15 is 0 Å². The Morgan fingerprint density at radius 3 is 2.85 bits per heavy atom. The number of benzene rings is 1. The largest absolute Gasteiger partial charge is 0.492 e.